The van der Waals surface area contributed by atoms with Crippen molar-refractivity contribution in [3.05, 3.63) is 43.5 Å². The first-order valence-corrected chi connectivity index (χ1v) is 8.26. The van der Waals surface area contributed by atoms with Crippen molar-refractivity contribution in [3.63, 3.8) is 0 Å². The van der Waals surface area contributed by atoms with Crippen LogP contribution in [0, 0.1) is 6.92 Å². The maximum Gasteiger partial charge on any atom is 0.255 e. The number of aromatic nitrogens is 3. The summed E-state index contributed by atoms with van der Waals surface area (Å²) in [5.41, 5.74) is 1.91. The molecule has 3 heterocycles. The number of aromatic amines is 1. The molecular formula is C15H18N4OS. The van der Waals surface area contributed by atoms with E-state index in [4.69, 9.17) is 0 Å². The average molecular weight is 302 g/mol. The summed E-state index contributed by atoms with van der Waals surface area (Å²) >= 11 is 1.73. The minimum atomic E-state index is 0.0573. The summed E-state index contributed by atoms with van der Waals surface area (Å²) in [6.07, 6.45) is 5.10. The molecule has 0 unspecified atom stereocenters. The molecule has 1 fully saturated rings. The lowest BCUT2D eigenvalue weighted by Crippen LogP contribution is -2.35. The standard InChI is InChI=1S/C15H18N4OS/c1-9-6-16-13(21-9)8-19-5-4-12-11(7-19)15(20)18-14(17-12)10-2-3-10/h6,10H,2-5,7-8H2,1H3,(H,17,18,20). The van der Waals surface area contributed by atoms with Crippen LogP contribution in [-0.2, 0) is 19.5 Å². The van der Waals surface area contributed by atoms with Crippen molar-refractivity contribution in [2.45, 2.75) is 45.2 Å². The molecule has 0 atom stereocenters. The number of thiazole rings is 1. The van der Waals surface area contributed by atoms with E-state index >= 15 is 0 Å². The van der Waals surface area contributed by atoms with Gasteiger partial charge in [-0.2, -0.15) is 0 Å². The maximum absolute atomic E-state index is 12.3. The van der Waals surface area contributed by atoms with E-state index in [1.807, 2.05) is 6.20 Å². The molecule has 2 aliphatic rings. The molecule has 1 aliphatic heterocycles. The van der Waals surface area contributed by atoms with Crippen LogP contribution in [0.25, 0.3) is 0 Å². The van der Waals surface area contributed by atoms with Gasteiger partial charge in [0.05, 0.1) is 17.8 Å². The van der Waals surface area contributed by atoms with Gasteiger partial charge in [-0.1, -0.05) is 0 Å². The van der Waals surface area contributed by atoms with Gasteiger partial charge >= 0.3 is 0 Å². The number of aryl methyl sites for hydroxylation is 1. The number of nitrogens with zero attached hydrogens (tertiary/aromatic N) is 3. The molecule has 0 bridgehead atoms. The van der Waals surface area contributed by atoms with Crippen LogP contribution in [-0.4, -0.2) is 26.4 Å². The Balaban J connectivity index is 1.55. The highest BCUT2D eigenvalue weighted by Crippen LogP contribution is 2.37. The van der Waals surface area contributed by atoms with E-state index in [1.165, 1.54) is 4.88 Å². The molecule has 0 spiro atoms. The van der Waals surface area contributed by atoms with Crippen molar-refractivity contribution in [1.82, 2.24) is 19.9 Å². The second kappa shape index (κ2) is 5.03. The summed E-state index contributed by atoms with van der Waals surface area (Å²) in [4.78, 5) is 27.9. The van der Waals surface area contributed by atoms with Crippen LogP contribution < -0.4 is 5.56 Å². The molecule has 110 valence electrons. The van der Waals surface area contributed by atoms with E-state index in [0.29, 0.717) is 12.5 Å². The Morgan fingerprint density at radius 3 is 3.05 bits per heavy atom. The monoisotopic (exact) mass is 302 g/mol. The van der Waals surface area contributed by atoms with Gasteiger partial charge in [0, 0.05) is 36.5 Å². The molecule has 4 rings (SSSR count). The van der Waals surface area contributed by atoms with Gasteiger partial charge in [-0.15, -0.1) is 11.3 Å². The van der Waals surface area contributed by atoms with E-state index in [9.17, 15) is 4.79 Å². The fourth-order valence-corrected chi connectivity index (χ4v) is 3.68. The van der Waals surface area contributed by atoms with Gasteiger partial charge in [0.2, 0.25) is 0 Å². The molecule has 21 heavy (non-hydrogen) atoms. The second-order valence-electron chi connectivity index (χ2n) is 5.98. The Labute approximate surface area is 127 Å². The normalized spacial score (nSPS) is 18.7. The molecule has 0 saturated heterocycles. The second-order valence-corrected chi connectivity index (χ2v) is 7.30. The number of hydrogen-bond donors (Lipinski definition) is 1. The van der Waals surface area contributed by atoms with Crippen LogP contribution in [0.2, 0.25) is 0 Å². The number of fused-ring (bicyclic) bond motifs is 1. The van der Waals surface area contributed by atoms with E-state index in [-0.39, 0.29) is 5.56 Å². The average Bonchev–Trinajstić information content (AvgIpc) is 3.24. The highest BCUT2D eigenvalue weighted by atomic mass is 32.1. The van der Waals surface area contributed by atoms with Gasteiger partial charge in [0.25, 0.3) is 5.56 Å². The molecule has 2 aromatic rings. The predicted octanol–water partition coefficient (Wildman–Crippen LogP) is 1.97. The first kappa shape index (κ1) is 13.2. The van der Waals surface area contributed by atoms with Crippen LogP contribution in [0.4, 0.5) is 0 Å². The zero-order valence-corrected chi connectivity index (χ0v) is 12.9. The van der Waals surface area contributed by atoms with Crippen molar-refractivity contribution < 1.29 is 0 Å². The van der Waals surface area contributed by atoms with Crippen molar-refractivity contribution >= 4 is 11.3 Å². The van der Waals surface area contributed by atoms with Gasteiger partial charge < -0.3 is 4.98 Å². The zero-order chi connectivity index (χ0) is 14.4. The van der Waals surface area contributed by atoms with Crippen LogP contribution >= 0.6 is 11.3 Å². The topological polar surface area (TPSA) is 61.9 Å². The van der Waals surface area contributed by atoms with E-state index in [2.05, 4.69) is 26.8 Å². The van der Waals surface area contributed by atoms with Crippen molar-refractivity contribution in [1.29, 1.82) is 0 Å². The first-order chi connectivity index (χ1) is 10.2. The minimum Gasteiger partial charge on any atom is -0.310 e. The van der Waals surface area contributed by atoms with Crippen LogP contribution in [0.15, 0.2) is 11.0 Å². The Hall–Kier alpha value is -1.53. The lowest BCUT2D eigenvalue weighted by atomic mass is 10.1. The van der Waals surface area contributed by atoms with Gasteiger partial charge in [-0.25, -0.2) is 9.97 Å². The summed E-state index contributed by atoms with van der Waals surface area (Å²) in [5.74, 6) is 1.40. The summed E-state index contributed by atoms with van der Waals surface area (Å²) in [6, 6.07) is 0. The third-order valence-electron chi connectivity index (χ3n) is 4.16. The quantitative estimate of drug-likeness (QED) is 0.941. The van der Waals surface area contributed by atoms with Gasteiger partial charge in [0.15, 0.2) is 0 Å². The third-order valence-corrected chi connectivity index (χ3v) is 5.06. The SMILES string of the molecule is Cc1cnc(CN2CCc3nc(C4CC4)[nH]c(=O)c3C2)s1. The van der Waals surface area contributed by atoms with Crippen LogP contribution in [0.5, 0.6) is 0 Å². The Morgan fingerprint density at radius 1 is 1.48 bits per heavy atom. The summed E-state index contributed by atoms with van der Waals surface area (Å²) in [5, 5.41) is 1.12. The number of rotatable bonds is 3. The lowest BCUT2D eigenvalue weighted by molar-refractivity contribution is 0.241. The highest BCUT2D eigenvalue weighted by Gasteiger charge is 2.29. The van der Waals surface area contributed by atoms with Gasteiger partial charge in [-0.3, -0.25) is 9.69 Å². The summed E-state index contributed by atoms with van der Waals surface area (Å²) in [6.45, 7) is 4.52. The molecule has 0 radical (unpaired) electrons. The lowest BCUT2D eigenvalue weighted by Gasteiger charge is -2.26. The fraction of sp³-hybridized carbons (Fsp3) is 0.533. The number of H-pyrrole nitrogens is 1. The molecule has 5 nitrogen and oxygen atoms in total. The van der Waals surface area contributed by atoms with Crippen LogP contribution in [0.3, 0.4) is 0 Å². The number of hydrogen-bond acceptors (Lipinski definition) is 5. The predicted molar refractivity (Wildman–Crippen MR) is 81.5 cm³/mol. The van der Waals surface area contributed by atoms with E-state index in [0.717, 1.165) is 54.4 Å². The van der Waals surface area contributed by atoms with E-state index < -0.39 is 0 Å². The molecule has 1 N–H and O–H groups in total. The fourth-order valence-electron chi connectivity index (χ4n) is 2.85. The largest absolute Gasteiger partial charge is 0.310 e. The minimum absolute atomic E-state index is 0.0573. The zero-order valence-electron chi connectivity index (χ0n) is 12.1. The van der Waals surface area contributed by atoms with Gasteiger partial charge in [-0.05, 0) is 19.8 Å². The third kappa shape index (κ3) is 2.65. The first-order valence-electron chi connectivity index (χ1n) is 7.44. The van der Waals surface area contributed by atoms with Crippen molar-refractivity contribution in [2.75, 3.05) is 6.54 Å². The number of nitrogens with one attached hydrogen (secondary N) is 1. The van der Waals surface area contributed by atoms with Crippen molar-refractivity contribution in [2.24, 2.45) is 0 Å². The molecule has 2 aromatic heterocycles. The molecule has 0 aromatic carbocycles. The summed E-state index contributed by atoms with van der Waals surface area (Å²) < 4.78 is 0. The Kier molecular flexibility index (Phi) is 3.15. The molecule has 1 aliphatic carbocycles. The van der Waals surface area contributed by atoms with Gasteiger partial charge in [0.1, 0.15) is 10.8 Å². The van der Waals surface area contributed by atoms with Crippen molar-refractivity contribution in [3.8, 4) is 0 Å². The summed E-state index contributed by atoms with van der Waals surface area (Å²) in [7, 11) is 0. The Morgan fingerprint density at radius 2 is 2.33 bits per heavy atom. The smallest absolute Gasteiger partial charge is 0.255 e. The molecule has 1 saturated carbocycles. The van der Waals surface area contributed by atoms with E-state index in [1.54, 1.807) is 11.3 Å². The molecule has 6 heteroatoms. The maximum atomic E-state index is 12.3. The Bertz CT molecular complexity index is 732. The highest BCUT2D eigenvalue weighted by molar-refractivity contribution is 7.11. The molecular weight excluding hydrogens is 284 g/mol. The molecule has 0 amide bonds. The van der Waals surface area contributed by atoms with Crippen LogP contribution in [0.1, 0.15) is 45.7 Å².